The van der Waals surface area contributed by atoms with E-state index in [2.05, 4.69) is 13.8 Å². The minimum atomic E-state index is 0.458. The molecule has 2 nitrogen and oxygen atoms in total. The van der Waals surface area contributed by atoms with E-state index in [1.165, 1.54) is 70.9 Å². The lowest BCUT2D eigenvalue weighted by Crippen LogP contribution is -3.18. The van der Waals surface area contributed by atoms with Gasteiger partial charge in [0.25, 0.3) is 0 Å². The Morgan fingerprint density at radius 3 is 1.67 bits per heavy atom. The largest absolute Gasteiger partial charge is 0.364 e. The summed E-state index contributed by atoms with van der Waals surface area (Å²) in [6.07, 6.45) is 14.1. The number of rotatable bonds is 1. The molecule has 1 saturated heterocycles. The predicted octanol–water partition coefficient (Wildman–Crippen LogP) is 2.57. The highest BCUT2D eigenvalue weighted by molar-refractivity contribution is 4.66. The van der Waals surface area contributed by atoms with Gasteiger partial charge in [-0.15, -0.1) is 0 Å². The summed E-state index contributed by atoms with van der Waals surface area (Å²) in [6.45, 7) is 6.95. The molecule has 1 N–H and O–H groups in total. The number of hydrogen-bond acceptors (Lipinski definition) is 1. The van der Waals surface area contributed by atoms with Crippen molar-refractivity contribution in [3.63, 3.8) is 0 Å². The molecule has 0 spiro atoms. The van der Waals surface area contributed by atoms with Crippen LogP contribution in [-0.4, -0.2) is 31.3 Å². The topological polar surface area (TPSA) is 13.7 Å². The normalized spacial score (nSPS) is 37.3. The molecule has 1 aliphatic carbocycles. The summed E-state index contributed by atoms with van der Waals surface area (Å²) in [7, 11) is 0. The molecule has 18 heavy (non-hydrogen) atoms. The average molecular weight is 254 g/mol. The van der Waals surface area contributed by atoms with Gasteiger partial charge >= 0.3 is 0 Å². The van der Waals surface area contributed by atoms with Crippen LogP contribution >= 0.6 is 0 Å². The SMILES string of the molecule is CC1C[NH+](C2CCCCCCCCC2)CC(C)O1. The van der Waals surface area contributed by atoms with E-state index in [-0.39, 0.29) is 0 Å². The van der Waals surface area contributed by atoms with Crippen molar-refractivity contribution in [2.75, 3.05) is 13.1 Å². The Morgan fingerprint density at radius 1 is 0.722 bits per heavy atom. The summed E-state index contributed by atoms with van der Waals surface area (Å²) in [6, 6.07) is 0.914. The zero-order valence-corrected chi connectivity index (χ0v) is 12.4. The summed E-state index contributed by atoms with van der Waals surface area (Å²) < 4.78 is 5.89. The number of morpholine rings is 1. The summed E-state index contributed by atoms with van der Waals surface area (Å²) >= 11 is 0. The molecule has 106 valence electrons. The third kappa shape index (κ3) is 4.55. The maximum atomic E-state index is 5.89. The Hall–Kier alpha value is -0.0800. The van der Waals surface area contributed by atoms with Gasteiger partial charge in [0.15, 0.2) is 0 Å². The van der Waals surface area contributed by atoms with Gasteiger partial charge < -0.3 is 9.64 Å². The van der Waals surface area contributed by atoms with Gasteiger partial charge in [-0.2, -0.15) is 0 Å². The molecule has 0 bridgehead atoms. The smallest absolute Gasteiger partial charge is 0.104 e. The minimum Gasteiger partial charge on any atom is -0.364 e. The number of nitrogens with one attached hydrogen (secondary N) is 1. The molecular formula is C16H32NO+. The Labute approximate surface area is 113 Å². The summed E-state index contributed by atoms with van der Waals surface area (Å²) in [5.74, 6) is 0. The van der Waals surface area contributed by atoms with Gasteiger partial charge in [0.05, 0.1) is 6.04 Å². The standard InChI is InChI=1S/C16H31NO/c1-14-12-17(13-15(2)18-14)16-10-8-6-4-3-5-7-9-11-16/h14-16H,3-13H2,1-2H3/p+1. The van der Waals surface area contributed by atoms with Crippen LogP contribution in [0.15, 0.2) is 0 Å². The minimum absolute atomic E-state index is 0.458. The van der Waals surface area contributed by atoms with Crippen molar-refractivity contribution in [3.05, 3.63) is 0 Å². The molecule has 0 amide bonds. The molecule has 2 fully saturated rings. The van der Waals surface area contributed by atoms with E-state index in [1.807, 2.05) is 4.90 Å². The van der Waals surface area contributed by atoms with Crippen molar-refractivity contribution in [1.82, 2.24) is 0 Å². The third-order valence-corrected chi connectivity index (χ3v) is 4.75. The van der Waals surface area contributed by atoms with Crippen molar-refractivity contribution in [2.45, 2.75) is 89.9 Å². The van der Waals surface area contributed by atoms with Gasteiger partial charge in [-0.25, -0.2) is 0 Å². The van der Waals surface area contributed by atoms with Crippen LogP contribution in [0.25, 0.3) is 0 Å². The lowest BCUT2D eigenvalue weighted by atomic mass is 9.95. The van der Waals surface area contributed by atoms with Gasteiger partial charge in [-0.05, 0) is 39.5 Å². The Bertz CT molecular complexity index is 211. The second-order valence-electron chi connectivity index (χ2n) is 6.57. The highest BCUT2D eigenvalue weighted by Crippen LogP contribution is 2.16. The fraction of sp³-hybridized carbons (Fsp3) is 1.00. The fourth-order valence-corrected chi connectivity index (χ4v) is 3.87. The zero-order valence-electron chi connectivity index (χ0n) is 12.4. The van der Waals surface area contributed by atoms with Crippen LogP contribution in [0.2, 0.25) is 0 Å². The maximum absolute atomic E-state index is 5.89. The lowest BCUT2D eigenvalue weighted by Gasteiger charge is -2.37. The van der Waals surface area contributed by atoms with Gasteiger partial charge in [0, 0.05) is 0 Å². The lowest BCUT2D eigenvalue weighted by molar-refractivity contribution is -0.940. The van der Waals surface area contributed by atoms with Crippen molar-refractivity contribution in [1.29, 1.82) is 0 Å². The summed E-state index contributed by atoms with van der Waals surface area (Å²) in [5.41, 5.74) is 0. The van der Waals surface area contributed by atoms with Crippen molar-refractivity contribution >= 4 is 0 Å². The number of quaternary nitrogens is 1. The zero-order chi connectivity index (χ0) is 12.8. The van der Waals surface area contributed by atoms with Crippen LogP contribution in [0.1, 0.15) is 71.6 Å². The molecule has 2 aliphatic rings. The molecule has 1 saturated carbocycles. The second-order valence-corrected chi connectivity index (χ2v) is 6.57. The van der Waals surface area contributed by atoms with E-state index >= 15 is 0 Å². The van der Waals surface area contributed by atoms with E-state index in [4.69, 9.17) is 4.74 Å². The monoisotopic (exact) mass is 254 g/mol. The molecular weight excluding hydrogens is 222 g/mol. The average Bonchev–Trinajstić information content (AvgIpc) is 2.34. The first kappa shape index (κ1) is 14.3. The molecule has 0 aromatic rings. The molecule has 2 unspecified atom stereocenters. The predicted molar refractivity (Wildman–Crippen MR) is 76.0 cm³/mol. The second kappa shape index (κ2) is 7.49. The van der Waals surface area contributed by atoms with E-state index in [9.17, 15) is 0 Å². The highest BCUT2D eigenvalue weighted by Gasteiger charge is 2.30. The van der Waals surface area contributed by atoms with E-state index in [1.54, 1.807) is 0 Å². The van der Waals surface area contributed by atoms with E-state index in [0.717, 1.165) is 6.04 Å². The van der Waals surface area contributed by atoms with Crippen molar-refractivity contribution < 1.29 is 9.64 Å². The first-order chi connectivity index (χ1) is 8.75. The van der Waals surface area contributed by atoms with Crippen LogP contribution in [0, 0.1) is 0 Å². The Kier molecular flexibility index (Phi) is 5.97. The summed E-state index contributed by atoms with van der Waals surface area (Å²) in [5, 5.41) is 0. The van der Waals surface area contributed by atoms with Crippen LogP contribution in [0.3, 0.4) is 0 Å². The van der Waals surface area contributed by atoms with E-state index in [0.29, 0.717) is 12.2 Å². The highest BCUT2D eigenvalue weighted by atomic mass is 16.5. The third-order valence-electron chi connectivity index (χ3n) is 4.75. The van der Waals surface area contributed by atoms with Crippen molar-refractivity contribution in [2.24, 2.45) is 0 Å². The molecule has 2 rings (SSSR count). The van der Waals surface area contributed by atoms with Crippen LogP contribution in [-0.2, 0) is 4.74 Å². The van der Waals surface area contributed by atoms with Crippen molar-refractivity contribution in [3.8, 4) is 0 Å². The van der Waals surface area contributed by atoms with E-state index < -0.39 is 0 Å². The molecule has 0 radical (unpaired) electrons. The quantitative estimate of drug-likeness (QED) is 0.759. The van der Waals surface area contributed by atoms with Gasteiger partial charge in [0.1, 0.15) is 25.3 Å². The Balaban J connectivity index is 1.86. The first-order valence-corrected chi connectivity index (χ1v) is 8.25. The first-order valence-electron chi connectivity index (χ1n) is 8.25. The molecule has 1 heterocycles. The van der Waals surface area contributed by atoms with Crippen LogP contribution in [0.4, 0.5) is 0 Å². The Morgan fingerprint density at radius 2 is 1.17 bits per heavy atom. The van der Waals surface area contributed by atoms with Gasteiger partial charge in [0.2, 0.25) is 0 Å². The molecule has 1 aliphatic heterocycles. The molecule has 0 aromatic heterocycles. The number of ether oxygens (including phenoxy) is 1. The molecule has 0 aromatic carbocycles. The number of hydrogen-bond donors (Lipinski definition) is 1. The maximum Gasteiger partial charge on any atom is 0.104 e. The summed E-state index contributed by atoms with van der Waals surface area (Å²) in [4.78, 5) is 1.84. The van der Waals surface area contributed by atoms with Gasteiger partial charge in [-0.1, -0.05) is 32.1 Å². The molecule has 2 atom stereocenters. The fourth-order valence-electron chi connectivity index (χ4n) is 3.87. The van der Waals surface area contributed by atoms with Crippen LogP contribution < -0.4 is 4.90 Å². The molecule has 2 heteroatoms. The van der Waals surface area contributed by atoms with Gasteiger partial charge in [-0.3, -0.25) is 0 Å². The van der Waals surface area contributed by atoms with Crippen LogP contribution in [0.5, 0.6) is 0 Å².